The number of aromatic nitrogens is 2. The van der Waals surface area contributed by atoms with Crippen LogP contribution >= 0.6 is 0 Å². The highest BCUT2D eigenvalue weighted by Crippen LogP contribution is 2.27. The zero-order valence-corrected chi connectivity index (χ0v) is 17.4. The van der Waals surface area contributed by atoms with Crippen LogP contribution in [0.25, 0.3) is 11.4 Å². The molecule has 1 amide bonds. The highest BCUT2D eigenvalue weighted by atomic mass is 19.1. The molecule has 1 atom stereocenters. The van der Waals surface area contributed by atoms with Crippen molar-refractivity contribution in [2.24, 2.45) is 5.92 Å². The van der Waals surface area contributed by atoms with Crippen molar-refractivity contribution in [2.45, 2.75) is 19.8 Å². The molecule has 3 aromatic rings. The van der Waals surface area contributed by atoms with Crippen molar-refractivity contribution in [3.05, 3.63) is 66.6 Å². The lowest BCUT2D eigenvalue weighted by Crippen LogP contribution is -2.41. The van der Waals surface area contributed by atoms with Crippen LogP contribution in [0.4, 0.5) is 15.9 Å². The molecular formula is C24H25FN4O2. The van der Waals surface area contributed by atoms with Gasteiger partial charge in [-0.15, -0.1) is 0 Å². The summed E-state index contributed by atoms with van der Waals surface area (Å²) >= 11 is 0. The molecule has 6 nitrogen and oxygen atoms in total. The average Bonchev–Trinajstić information content (AvgIpc) is 2.81. The first-order chi connectivity index (χ1) is 15.1. The Labute approximate surface area is 181 Å². The summed E-state index contributed by atoms with van der Waals surface area (Å²) in [7, 11) is 0. The molecule has 1 saturated heterocycles. The number of para-hydroxylation sites is 2. The van der Waals surface area contributed by atoms with Gasteiger partial charge in [0.2, 0.25) is 5.91 Å². The van der Waals surface area contributed by atoms with E-state index in [1.54, 1.807) is 18.3 Å². The van der Waals surface area contributed by atoms with Crippen LogP contribution in [0.3, 0.4) is 0 Å². The lowest BCUT2D eigenvalue weighted by Gasteiger charge is -2.33. The second-order valence-electron chi connectivity index (χ2n) is 7.45. The number of carbonyl (C=O) groups excluding carboxylic acids is 1. The minimum absolute atomic E-state index is 0.0235. The molecule has 0 bridgehead atoms. The number of anilines is 2. The van der Waals surface area contributed by atoms with Gasteiger partial charge in [0, 0.05) is 24.8 Å². The highest BCUT2D eigenvalue weighted by Gasteiger charge is 2.27. The first-order valence-electron chi connectivity index (χ1n) is 10.5. The van der Waals surface area contributed by atoms with Crippen molar-refractivity contribution >= 4 is 17.4 Å². The maximum Gasteiger partial charge on any atom is 0.229 e. The van der Waals surface area contributed by atoms with E-state index in [-0.39, 0.29) is 17.6 Å². The van der Waals surface area contributed by atoms with Crippen molar-refractivity contribution in [1.82, 2.24) is 9.97 Å². The molecule has 2 aromatic carbocycles. The Balaban J connectivity index is 1.47. The summed E-state index contributed by atoms with van der Waals surface area (Å²) in [5.41, 5.74) is 1.44. The Kier molecular flexibility index (Phi) is 6.40. The number of benzene rings is 2. The largest absolute Gasteiger partial charge is 0.492 e. The van der Waals surface area contributed by atoms with Crippen LogP contribution in [0.5, 0.6) is 5.75 Å². The van der Waals surface area contributed by atoms with E-state index < -0.39 is 0 Å². The number of halogens is 1. The van der Waals surface area contributed by atoms with Crippen LogP contribution in [0, 0.1) is 11.7 Å². The van der Waals surface area contributed by atoms with Crippen molar-refractivity contribution in [2.75, 3.05) is 29.9 Å². The van der Waals surface area contributed by atoms with Crippen LogP contribution in [0.15, 0.2) is 60.8 Å². The quantitative estimate of drug-likeness (QED) is 0.634. The molecule has 2 heterocycles. The van der Waals surface area contributed by atoms with E-state index in [4.69, 9.17) is 4.74 Å². The van der Waals surface area contributed by atoms with E-state index in [1.165, 1.54) is 12.1 Å². The van der Waals surface area contributed by atoms with Gasteiger partial charge in [-0.2, -0.15) is 0 Å². The maximum atomic E-state index is 13.2. The monoisotopic (exact) mass is 420 g/mol. The highest BCUT2D eigenvalue weighted by molar-refractivity contribution is 5.94. The molecule has 1 aliphatic rings. The van der Waals surface area contributed by atoms with E-state index in [9.17, 15) is 9.18 Å². The predicted octanol–water partition coefficient (Wildman–Crippen LogP) is 4.54. The molecule has 1 N–H and O–H groups in total. The van der Waals surface area contributed by atoms with Gasteiger partial charge in [-0.3, -0.25) is 4.79 Å². The lowest BCUT2D eigenvalue weighted by atomic mass is 9.97. The van der Waals surface area contributed by atoms with Crippen molar-refractivity contribution in [1.29, 1.82) is 0 Å². The third-order valence-corrected chi connectivity index (χ3v) is 5.30. The molecule has 31 heavy (non-hydrogen) atoms. The van der Waals surface area contributed by atoms with E-state index >= 15 is 0 Å². The molecule has 0 aliphatic carbocycles. The number of carbonyl (C=O) groups is 1. The van der Waals surface area contributed by atoms with Gasteiger partial charge in [-0.05, 0) is 62.2 Å². The van der Waals surface area contributed by atoms with E-state index in [1.807, 2.05) is 37.3 Å². The first kappa shape index (κ1) is 20.8. The Morgan fingerprint density at radius 2 is 2.00 bits per heavy atom. The summed E-state index contributed by atoms with van der Waals surface area (Å²) < 4.78 is 18.8. The fourth-order valence-electron chi connectivity index (χ4n) is 3.75. The van der Waals surface area contributed by atoms with Crippen LogP contribution in [0.1, 0.15) is 19.8 Å². The molecule has 1 fully saturated rings. The molecule has 0 unspecified atom stereocenters. The van der Waals surface area contributed by atoms with Crippen LogP contribution in [-0.4, -0.2) is 35.6 Å². The van der Waals surface area contributed by atoms with E-state index in [0.29, 0.717) is 30.4 Å². The number of hydrogen-bond acceptors (Lipinski definition) is 5. The number of ether oxygens (including phenoxy) is 1. The third-order valence-electron chi connectivity index (χ3n) is 5.30. The summed E-state index contributed by atoms with van der Waals surface area (Å²) in [5, 5.41) is 3.02. The fraction of sp³-hybridized carbons (Fsp3) is 0.292. The van der Waals surface area contributed by atoms with Crippen LogP contribution in [-0.2, 0) is 4.79 Å². The molecule has 0 spiro atoms. The zero-order chi connectivity index (χ0) is 21.6. The summed E-state index contributed by atoms with van der Waals surface area (Å²) in [6, 6.07) is 15.4. The topological polar surface area (TPSA) is 67.3 Å². The van der Waals surface area contributed by atoms with Gasteiger partial charge in [0.05, 0.1) is 18.2 Å². The average molecular weight is 420 g/mol. The Hall–Kier alpha value is -3.48. The van der Waals surface area contributed by atoms with Crippen molar-refractivity contribution in [3.63, 3.8) is 0 Å². The number of nitrogens with zero attached hydrogens (tertiary/aromatic N) is 3. The Bertz CT molecular complexity index is 1040. The van der Waals surface area contributed by atoms with Gasteiger partial charge in [0.15, 0.2) is 5.82 Å². The second kappa shape index (κ2) is 9.55. The van der Waals surface area contributed by atoms with Gasteiger partial charge < -0.3 is 15.0 Å². The summed E-state index contributed by atoms with van der Waals surface area (Å²) in [5.74, 6) is 1.50. The molecule has 4 rings (SSSR count). The predicted molar refractivity (Wildman–Crippen MR) is 119 cm³/mol. The third kappa shape index (κ3) is 4.99. The molecule has 1 aliphatic heterocycles. The number of nitrogens with one attached hydrogen (secondary N) is 1. The number of amides is 1. The number of piperidine rings is 1. The minimum atomic E-state index is -0.296. The number of rotatable bonds is 6. The van der Waals surface area contributed by atoms with Crippen molar-refractivity contribution < 1.29 is 13.9 Å². The molecule has 1 aromatic heterocycles. The van der Waals surface area contributed by atoms with Gasteiger partial charge in [-0.25, -0.2) is 14.4 Å². The lowest BCUT2D eigenvalue weighted by molar-refractivity contribution is -0.120. The summed E-state index contributed by atoms with van der Waals surface area (Å²) in [6.07, 6.45) is 3.40. The van der Waals surface area contributed by atoms with Gasteiger partial charge in [0.25, 0.3) is 0 Å². The standard InChI is InChI=1S/C24H25FN4O2/c1-2-31-21-8-4-3-7-20(21)27-24(30)18-6-5-15-29(16-18)22-13-14-26-23(28-22)17-9-11-19(25)12-10-17/h3-4,7-14,18H,2,5-6,15-16H2,1H3,(H,27,30)/t18-/m1/s1. The molecular weight excluding hydrogens is 395 g/mol. The molecule has 160 valence electrons. The Morgan fingerprint density at radius 1 is 1.19 bits per heavy atom. The Morgan fingerprint density at radius 3 is 2.81 bits per heavy atom. The van der Waals surface area contributed by atoms with Crippen LogP contribution < -0.4 is 15.0 Å². The van der Waals surface area contributed by atoms with Gasteiger partial charge >= 0.3 is 0 Å². The van der Waals surface area contributed by atoms with Gasteiger partial charge in [0.1, 0.15) is 17.4 Å². The second-order valence-corrected chi connectivity index (χ2v) is 7.45. The summed E-state index contributed by atoms with van der Waals surface area (Å²) in [4.78, 5) is 24.0. The maximum absolute atomic E-state index is 13.2. The minimum Gasteiger partial charge on any atom is -0.492 e. The molecule has 0 radical (unpaired) electrons. The smallest absolute Gasteiger partial charge is 0.229 e. The number of hydrogen-bond donors (Lipinski definition) is 1. The fourth-order valence-corrected chi connectivity index (χ4v) is 3.75. The molecule has 7 heteroatoms. The van der Waals surface area contributed by atoms with E-state index in [0.717, 1.165) is 30.8 Å². The van der Waals surface area contributed by atoms with Gasteiger partial charge in [-0.1, -0.05) is 12.1 Å². The van der Waals surface area contributed by atoms with E-state index in [2.05, 4.69) is 20.2 Å². The normalized spacial score (nSPS) is 16.1. The van der Waals surface area contributed by atoms with Crippen LogP contribution in [0.2, 0.25) is 0 Å². The molecule has 0 saturated carbocycles. The van der Waals surface area contributed by atoms with Crippen molar-refractivity contribution in [3.8, 4) is 17.1 Å². The summed E-state index contributed by atoms with van der Waals surface area (Å²) in [6.45, 7) is 3.84. The zero-order valence-electron chi connectivity index (χ0n) is 17.4. The first-order valence-corrected chi connectivity index (χ1v) is 10.5. The SMILES string of the molecule is CCOc1ccccc1NC(=O)[C@@H]1CCCN(c2ccnc(-c3ccc(F)cc3)n2)C1.